The van der Waals surface area contributed by atoms with Crippen LogP contribution in [0.1, 0.15) is 86.1 Å². The summed E-state index contributed by atoms with van der Waals surface area (Å²) in [4.78, 5) is 0. The van der Waals surface area contributed by atoms with Gasteiger partial charge in [-0.15, -0.1) is 0 Å². The Morgan fingerprint density at radius 3 is 1.10 bits per heavy atom. The summed E-state index contributed by atoms with van der Waals surface area (Å²) in [5.74, 6) is 0. The first-order chi connectivity index (χ1) is 28.5. The molecule has 0 spiro atoms. The summed E-state index contributed by atoms with van der Waals surface area (Å²) < 4.78 is 5.28. The van der Waals surface area contributed by atoms with E-state index in [-0.39, 0.29) is 24.3 Å². The number of nitrogens with zero attached hydrogens (tertiary/aromatic N) is 2. The van der Waals surface area contributed by atoms with Crippen molar-refractivity contribution in [3.63, 3.8) is 0 Å². The molecular weight excluding hydrogens is 722 g/mol. The first-order valence-corrected chi connectivity index (χ1v) is 22.0. The molecule has 11 rings (SSSR count). The first kappa shape index (κ1) is 37.3. The summed E-state index contributed by atoms with van der Waals surface area (Å²) in [7, 11) is 0. The van der Waals surface area contributed by atoms with Gasteiger partial charge in [0.05, 0.1) is 11.0 Å². The van der Waals surface area contributed by atoms with Crippen LogP contribution in [0.5, 0.6) is 0 Å². The third-order valence-corrected chi connectivity index (χ3v) is 14.3. The normalized spacial score (nSPS) is 13.6. The summed E-state index contributed by atoms with van der Waals surface area (Å²) in [5.41, 5.74) is 27.1. The fourth-order valence-corrected chi connectivity index (χ4v) is 11.8. The molecule has 2 aromatic heterocycles. The van der Waals surface area contributed by atoms with Gasteiger partial charge in [0.15, 0.2) is 0 Å². The highest BCUT2D eigenvalue weighted by Gasteiger charge is 2.41. The zero-order chi connectivity index (χ0) is 41.9. The highest BCUT2D eigenvalue weighted by molar-refractivity contribution is 7.00. The molecule has 0 fully saturated rings. The lowest BCUT2D eigenvalue weighted by molar-refractivity contribution is 0.591. The quantitative estimate of drug-likeness (QED) is 0.155. The topological polar surface area (TPSA) is 9.86 Å². The molecule has 9 aromatic rings. The van der Waals surface area contributed by atoms with Crippen molar-refractivity contribution >= 4 is 89.8 Å². The van der Waals surface area contributed by atoms with Crippen LogP contribution in [0.3, 0.4) is 0 Å². The third kappa shape index (κ3) is 5.09. The van der Waals surface area contributed by atoms with Gasteiger partial charge in [-0.2, -0.15) is 0 Å². The second-order valence-corrected chi connectivity index (χ2v) is 20.6. The molecule has 0 aliphatic carbocycles. The molecular formula is C56H54B2N2. The lowest BCUT2D eigenvalue weighted by Gasteiger charge is -2.34. The van der Waals surface area contributed by atoms with Crippen LogP contribution < -0.4 is 32.8 Å². The number of benzene rings is 7. The minimum Gasteiger partial charge on any atom is -0.310 e. The second-order valence-electron chi connectivity index (χ2n) is 20.6. The van der Waals surface area contributed by atoms with Crippen molar-refractivity contribution in [1.82, 2.24) is 9.13 Å². The molecule has 2 aliphatic rings. The average Bonchev–Trinajstić information content (AvgIpc) is 3.69. The number of para-hydroxylation sites is 2. The molecule has 0 amide bonds. The smallest absolute Gasteiger partial charge is 0.247 e. The van der Waals surface area contributed by atoms with Crippen molar-refractivity contribution in [2.45, 2.75) is 93.9 Å². The van der Waals surface area contributed by atoms with Crippen molar-refractivity contribution in [2.24, 2.45) is 0 Å². The first-order valence-electron chi connectivity index (χ1n) is 22.0. The maximum absolute atomic E-state index is 2.64. The second kappa shape index (κ2) is 12.4. The Labute approximate surface area is 356 Å². The van der Waals surface area contributed by atoms with Gasteiger partial charge in [-0.25, -0.2) is 0 Å². The van der Waals surface area contributed by atoms with Gasteiger partial charge in [-0.1, -0.05) is 159 Å². The van der Waals surface area contributed by atoms with Gasteiger partial charge < -0.3 is 9.13 Å². The zero-order valence-electron chi connectivity index (χ0n) is 37.4. The van der Waals surface area contributed by atoms with Gasteiger partial charge in [0.2, 0.25) is 13.4 Å². The average molecular weight is 777 g/mol. The Morgan fingerprint density at radius 2 is 0.750 bits per heavy atom. The Balaban J connectivity index is 1.34. The van der Waals surface area contributed by atoms with E-state index >= 15 is 0 Å². The molecule has 0 saturated heterocycles. The Kier molecular flexibility index (Phi) is 7.71. The van der Waals surface area contributed by atoms with E-state index in [0.29, 0.717) is 0 Å². The van der Waals surface area contributed by atoms with E-state index in [2.05, 4.69) is 201 Å². The van der Waals surface area contributed by atoms with E-state index in [9.17, 15) is 0 Å². The van der Waals surface area contributed by atoms with E-state index < -0.39 is 0 Å². The van der Waals surface area contributed by atoms with Crippen molar-refractivity contribution < 1.29 is 0 Å². The summed E-state index contributed by atoms with van der Waals surface area (Å²) in [6.07, 6.45) is 0. The molecule has 7 aromatic carbocycles. The van der Waals surface area contributed by atoms with Crippen LogP contribution in [-0.2, 0) is 10.8 Å². The van der Waals surface area contributed by atoms with Gasteiger partial charge in [0, 0.05) is 44.0 Å². The number of rotatable bonds is 2. The van der Waals surface area contributed by atoms with Crippen molar-refractivity contribution in [3.8, 4) is 11.4 Å². The van der Waals surface area contributed by atoms with Crippen LogP contribution >= 0.6 is 0 Å². The van der Waals surface area contributed by atoms with E-state index in [4.69, 9.17) is 0 Å². The molecule has 294 valence electrons. The van der Waals surface area contributed by atoms with Crippen LogP contribution in [0.25, 0.3) is 55.0 Å². The highest BCUT2D eigenvalue weighted by Crippen LogP contribution is 2.39. The van der Waals surface area contributed by atoms with Crippen LogP contribution in [0, 0.1) is 41.5 Å². The number of aromatic nitrogens is 2. The lowest BCUT2D eigenvalue weighted by atomic mass is 9.32. The number of aryl methyl sites for hydroxylation is 6. The Bertz CT molecular complexity index is 3090. The van der Waals surface area contributed by atoms with Crippen LogP contribution in [0.2, 0.25) is 0 Å². The van der Waals surface area contributed by atoms with Gasteiger partial charge >= 0.3 is 0 Å². The number of hydrogen-bond donors (Lipinski definition) is 0. The SMILES string of the molecule is Cc1cc(C)c(B2c3cc4c(cc3-n3c5ccc(C(C)(C)C)cc5c5cccc2c53)B(c2c(C)cc(C)cc2C)c2cccc3c5cc(C(C)(C)C)ccc5n-4c23)c(C)c1. The molecule has 0 radical (unpaired) electrons. The van der Waals surface area contributed by atoms with E-state index in [1.54, 1.807) is 0 Å². The molecule has 0 atom stereocenters. The lowest BCUT2D eigenvalue weighted by Crippen LogP contribution is -2.61. The van der Waals surface area contributed by atoms with Crippen LogP contribution in [0.4, 0.5) is 0 Å². The molecule has 2 aliphatic heterocycles. The summed E-state index contributed by atoms with van der Waals surface area (Å²) >= 11 is 0. The van der Waals surface area contributed by atoms with Gasteiger partial charge in [0.1, 0.15) is 0 Å². The maximum Gasteiger partial charge on any atom is 0.247 e. The summed E-state index contributed by atoms with van der Waals surface area (Å²) in [6.45, 7) is 27.9. The van der Waals surface area contributed by atoms with Gasteiger partial charge in [0.25, 0.3) is 0 Å². The van der Waals surface area contributed by atoms with Crippen LogP contribution in [-0.4, -0.2) is 22.6 Å². The molecule has 4 heteroatoms. The fraction of sp³-hybridized carbons (Fsp3) is 0.250. The van der Waals surface area contributed by atoms with Gasteiger partial charge in [-0.3, -0.25) is 0 Å². The predicted molar refractivity (Wildman–Crippen MR) is 263 cm³/mol. The molecule has 0 bridgehead atoms. The molecule has 2 nitrogen and oxygen atoms in total. The van der Waals surface area contributed by atoms with Crippen molar-refractivity contribution in [3.05, 3.63) is 154 Å². The summed E-state index contributed by atoms with van der Waals surface area (Å²) in [5, 5.41) is 5.34. The monoisotopic (exact) mass is 776 g/mol. The standard InChI is InChI=1S/C56H54B2N2/c1-31-23-33(3)51(34(4)24-31)57-43-17-13-15-39-41-27-37(55(7,8)9)19-21-47(41)59(53(39)43)49-30-46-50(29-45(49)57)60-48-22-20-38(56(10,11)12)28-42(48)40-16-14-18-44(54(40)60)58(46)52-35(5)25-32(2)26-36(52)6/h13-30H,1-12H3. The zero-order valence-corrected chi connectivity index (χ0v) is 37.4. The minimum atomic E-state index is 0.0406. The largest absolute Gasteiger partial charge is 0.310 e. The molecule has 0 N–H and O–H groups in total. The van der Waals surface area contributed by atoms with E-state index in [1.807, 2.05) is 0 Å². The highest BCUT2D eigenvalue weighted by atomic mass is 15.0. The van der Waals surface area contributed by atoms with E-state index in [0.717, 1.165) is 0 Å². The Hall–Kier alpha value is -5.73. The molecule has 0 unspecified atom stereocenters. The minimum absolute atomic E-state index is 0.0406. The molecule has 60 heavy (non-hydrogen) atoms. The van der Waals surface area contributed by atoms with Crippen molar-refractivity contribution in [2.75, 3.05) is 0 Å². The molecule has 4 heterocycles. The van der Waals surface area contributed by atoms with Crippen molar-refractivity contribution in [1.29, 1.82) is 0 Å². The van der Waals surface area contributed by atoms with Crippen LogP contribution in [0.15, 0.2) is 109 Å². The van der Waals surface area contributed by atoms with Gasteiger partial charge in [-0.05, 0) is 122 Å². The van der Waals surface area contributed by atoms with E-state index in [1.165, 1.54) is 132 Å². The number of hydrogen-bond acceptors (Lipinski definition) is 0. The number of fused-ring (bicyclic) bond motifs is 10. The Morgan fingerprint density at radius 1 is 0.383 bits per heavy atom. The molecule has 0 saturated carbocycles. The predicted octanol–water partition coefficient (Wildman–Crippen LogP) is 9.99. The fourth-order valence-electron chi connectivity index (χ4n) is 11.8. The summed E-state index contributed by atoms with van der Waals surface area (Å²) in [6, 6.07) is 43.5. The maximum atomic E-state index is 2.64. The third-order valence-electron chi connectivity index (χ3n) is 14.3.